The number of imide groups is 1. The first-order chi connectivity index (χ1) is 11.5. The van der Waals surface area contributed by atoms with Crippen LogP contribution in [0.15, 0.2) is 17.1 Å². The van der Waals surface area contributed by atoms with Gasteiger partial charge in [-0.05, 0) is 13.0 Å². The molecule has 2 amide bonds. The van der Waals surface area contributed by atoms with Crippen LogP contribution in [0, 0.1) is 0 Å². The van der Waals surface area contributed by atoms with E-state index in [1.54, 1.807) is 5.32 Å². The number of nitrogens with zero attached hydrogens (tertiary/aromatic N) is 1. The van der Waals surface area contributed by atoms with E-state index in [9.17, 15) is 32.3 Å². The zero-order chi connectivity index (χ0) is 19.2. The van der Waals surface area contributed by atoms with Crippen molar-refractivity contribution in [3.05, 3.63) is 33.2 Å². The fourth-order valence-electron chi connectivity index (χ4n) is 1.52. The van der Waals surface area contributed by atoms with Crippen LogP contribution in [0.3, 0.4) is 0 Å². The normalized spacial score (nSPS) is 10.9. The van der Waals surface area contributed by atoms with Crippen molar-refractivity contribution in [2.24, 2.45) is 0 Å². The lowest BCUT2D eigenvalue weighted by Crippen LogP contribution is -2.35. The topological polar surface area (TPSA) is 104 Å². The highest BCUT2D eigenvalue weighted by Gasteiger charge is 2.32. The van der Waals surface area contributed by atoms with Crippen molar-refractivity contribution in [1.82, 2.24) is 9.88 Å². The summed E-state index contributed by atoms with van der Waals surface area (Å²) in [6.07, 6.45) is -5.43. The van der Waals surface area contributed by atoms with Crippen LogP contribution in [0.4, 0.5) is 18.0 Å². The third-order valence-electron chi connectivity index (χ3n) is 2.55. The minimum Gasteiger partial charge on any atom is -0.454 e. The van der Waals surface area contributed by atoms with Crippen LogP contribution >= 0.6 is 11.6 Å². The van der Waals surface area contributed by atoms with E-state index in [1.807, 2.05) is 0 Å². The molecular formula is C13H12ClF3N2O6. The molecule has 0 aliphatic carbocycles. The summed E-state index contributed by atoms with van der Waals surface area (Å²) in [4.78, 5) is 45.4. The number of ether oxygens (including phenoxy) is 2. The summed E-state index contributed by atoms with van der Waals surface area (Å²) in [5.41, 5.74) is -2.27. The molecule has 0 atom stereocenters. The van der Waals surface area contributed by atoms with Gasteiger partial charge in [-0.15, -0.1) is 0 Å². The third-order valence-corrected chi connectivity index (χ3v) is 2.82. The van der Waals surface area contributed by atoms with E-state index in [0.717, 1.165) is 0 Å². The van der Waals surface area contributed by atoms with Crippen LogP contribution < -0.4 is 10.9 Å². The van der Waals surface area contributed by atoms with Gasteiger partial charge in [-0.3, -0.25) is 19.7 Å². The molecule has 12 heteroatoms. The summed E-state index contributed by atoms with van der Waals surface area (Å²) in [7, 11) is 0. The van der Waals surface area contributed by atoms with Gasteiger partial charge in [0.05, 0.1) is 12.2 Å². The first-order valence-corrected chi connectivity index (χ1v) is 7.01. The standard InChI is InChI=1S/C13H12ClF3N2O6/c1-2-24-12(23)18-9(20)6-25-10(21)5-19-4-7(13(15,16)17)3-8(14)11(19)22/h3-4H,2,5-6H2,1H3,(H,18,20,23). The Bertz CT molecular complexity index is 731. The molecule has 0 saturated carbocycles. The van der Waals surface area contributed by atoms with E-state index in [0.29, 0.717) is 16.8 Å². The lowest BCUT2D eigenvalue weighted by Gasteiger charge is -2.11. The van der Waals surface area contributed by atoms with E-state index < -0.39 is 53.4 Å². The highest BCUT2D eigenvalue weighted by molar-refractivity contribution is 6.30. The van der Waals surface area contributed by atoms with Crippen LogP contribution in [0.2, 0.25) is 5.02 Å². The first kappa shape index (κ1) is 20.5. The van der Waals surface area contributed by atoms with Crippen LogP contribution in [-0.4, -0.2) is 35.8 Å². The zero-order valence-electron chi connectivity index (χ0n) is 12.7. The number of alkyl carbamates (subject to hydrolysis) is 1. The molecule has 25 heavy (non-hydrogen) atoms. The molecule has 0 bridgehead atoms. The average molecular weight is 385 g/mol. The average Bonchev–Trinajstić information content (AvgIpc) is 2.48. The Hall–Kier alpha value is -2.56. The molecular weight excluding hydrogens is 373 g/mol. The molecule has 1 heterocycles. The number of esters is 1. The number of amides is 2. The minimum absolute atomic E-state index is 0.0120. The number of nitrogens with one attached hydrogen (secondary N) is 1. The molecule has 8 nitrogen and oxygen atoms in total. The second-order valence-electron chi connectivity index (χ2n) is 4.44. The highest BCUT2D eigenvalue weighted by atomic mass is 35.5. The molecule has 0 radical (unpaired) electrons. The Kier molecular flexibility index (Phi) is 6.97. The number of aromatic nitrogens is 1. The molecule has 1 rings (SSSR count). The molecule has 0 aromatic carbocycles. The predicted octanol–water partition coefficient (Wildman–Crippen LogP) is 1.34. The number of hydrogen-bond donors (Lipinski definition) is 1. The summed E-state index contributed by atoms with van der Waals surface area (Å²) in [5.74, 6) is -2.20. The van der Waals surface area contributed by atoms with Crippen molar-refractivity contribution in [1.29, 1.82) is 0 Å². The summed E-state index contributed by atoms with van der Waals surface area (Å²) < 4.78 is 47.3. The molecule has 0 fully saturated rings. The monoisotopic (exact) mass is 384 g/mol. The van der Waals surface area contributed by atoms with E-state index >= 15 is 0 Å². The van der Waals surface area contributed by atoms with E-state index in [1.165, 1.54) is 6.92 Å². The number of rotatable bonds is 5. The maximum absolute atomic E-state index is 12.7. The smallest absolute Gasteiger partial charge is 0.417 e. The Morgan fingerprint density at radius 1 is 1.28 bits per heavy atom. The highest BCUT2D eigenvalue weighted by Crippen LogP contribution is 2.29. The van der Waals surface area contributed by atoms with Crippen molar-refractivity contribution in [2.75, 3.05) is 13.2 Å². The van der Waals surface area contributed by atoms with Gasteiger partial charge in [0.15, 0.2) is 6.61 Å². The molecule has 138 valence electrons. The molecule has 0 spiro atoms. The molecule has 0 aliphatic rings. The number of alkyl halides is 3. The van der Waals surface area contributed by atoms with Crippen LogP contribution in [0.5, 0.6) is 0 Å². The van der Waals surface area contributed by atoms with E-state index in [4.69, 9.17) is 11.6 Å². The number of carbonyl (C=O) groups is 3. The largest absolute Gasteiger partial charge is 0.454 e. The third kappa shape index (κ3) is 6.45. The minimum atomic E-state index is -4.78. The molecule has 0 saturated heterocycles. The Morgan fingerprint density at radius 3 is 2.48 bits per heavy atom. The zero-order valence-corrected chi connectivity index (χ0v) is 13.4. The Morgan fingerprint density at radius 2 is 1.92 bits per heavy atom. The summed E-state index contributed by atoms with van der Waals surface area (Å²) >= 11 is 5.42. The van der Waals surface area contributed by atoms with Crippen molar-refractivity contribution in [2.45, 2.75) is 19.6 Å². The van der Waals surface area contributed by atoms with Crippen molar-refractivity contribution < 1.29 is 37.0 Å². The van der Waals surface area contributed by atoms with Gasteiger partial charge in [-0.2, -0.15) is 13.2 Å². The number of hydrogen-bond acceptors (Lipinski definition) is 6. The summed E-state index contributed by atoms with van der Waals surface area (Å²) in [6, 6.07) is 0.429. The van der Waals surface area contributed by atoms with Crippen molar-refractivity contribution in [3.63, 3.8) is 0 Å². The van der Waals surface area contributed by atoms with Crippen LogP contribution in [0.25, 0.3) is 0 Å². The van der Waals surface area contributed by atoms with Gasteiger partial charge < -0.3 is 14.0 Å². The van der Waals surface area contributed by atoms with Gasteiger partial charge in [-0.1, -0.05) is 11.6 Å². The summed E-state index contributed by atoms with van der Waals surface area (Å²) in [5, 5.41) is 1.00. The van der Waals surface area contributed by atoms with E-state index in [-0.39, 0.29) is 6.61 Å². The first-order valence-electron chi connectivity index (χ1n) is 6.64. The van der Waals surface area contributed by atoms with Crippen LogP contribution in [0.1, 0.15) is 12.5 Å². The second kappa shape index (κ2) is 8.51. The summed E-state index contributed by atoms with van der Waals surface area (Å²) in [6.45, 7) is -0.283. The Labute approximate surface area is 143 Å². The lowest BCUT2D eigenvalue weighted by atomic mass is 10.2. The SMILES string of the molecule is CCOC(=O)NC(=O)COC(=O)Cn1cc(C(F)(F)F)cc(Cl)c1=O. The maximum Gasteiger partial charge on any atom is 0.417 e. The van der Waals surface area contributed by atoms with Crippen LogP contribution in [-0.2, 0) is 31.8 Å². The van der Waals surface area contributed by atoms with Gasteiger partial charge in [0.2, 0.25) is 0 Å². The Balaban J connectivity index is 2.72. The molecule has 0 unspecified atom stereocenters. The van der Waals surface area contributed by atoms with E-state index in [2.05, 4.69) is 9.47 Å². The fourth-order valence-corrected chi connectivity index (χ4v) is 1.75. The van der Waals surface area contributed by atoms with Gasteiger partial charge in [-0.25, -0.2) is 4.79 Å². The molecule has 1 aromatic rings. The number of carbonyl (C=O) groups excluding carboxylic acids is 3. The lowest BCUT2D eigenvalue weighted by molar-refractivity contribution is -0.149. The molecule has 1 aromatic heterocycles. The number of pyridine rings is 1. The molecule has 1 N–H and O–H groups in total. The maximum atomic E-state index is 12.7. The van der Waals surface area contributed by atoms with Gasteiger partial charge >= 0.3 is 18.2 Å². The second-order valence-corrected chi connectivity index (χ2v) is 4.84. The van der Waals surface area contributed by atoms with Gasteiger partial charge in [0.25, 0.3) is 11.5 Å². The van der Waals surface area contributed by atoms with Crippen molar-refractivity contribution in [3.8, 4) is 0 Å². The predicted molar refractivity (Wildman–Crippen MR) is 76.8 cm³/mol. The fraction of sp³-hybridized carbons (Fsp3) is 0.385. The number of halogens is 4. The quantitative estimate of drug-likeness (QED) is 0.768. The van der Waals surface area contributed by atoms with Crippen molar-refractivity contribution >= 4 is 29.6 Å². The van der Waals surface area contributed by atoms with Gasteiger partial charge in [0, 0.05) is 6.20 Å². The molecule has 0 aliphatic heterocycles. The van der Waals surface area contributed by atoms with Gasteiger partial charge in [0.1, 0.15) is 11.6 Å².